The Labute approximate surface area is 190 Å². The number of aryl methyl sites for hydroxylation is 1. The standard InChI is InChI=1S/C23H19ClN4O3S/c1-16-25-20-11-12-21(26-22(20)28(16)15-18-7-9-19(24)10-8-18)23(29)27-32(30,31)14-13-17-5-3-2-4-6-17/h2-14H,15H2,1H3,(H,27,29). The largest absolute Gasteiger partial charge is 0.308 e. The molecule has 0 fully saturated rings. The Balaban J connectivity index is 1.58. The third-order valence-corrected chi connectivity index (χ3v) is 5.96. The van der Waals surface area contributed by atoms with Crippen LogP contribution in [0.25, 0.3) is 17.2 Å². The van der Waals surface area contributed by atoms with E-state index in [4.69, 9.17) is 11.6 Å². The fourth-order valence-corrected chi connectivity index (χ4v) is 4.04. The van der Waals surface area contributed by atoms with E-state index in [2.05, 4.69) is 9.97 Å². The van der Waals surface area contributed by atoms with Crippen molar-refractivity contribution in [1.82, 2.24) is 19.3 Å². The number of nitrogens with zero attached hydrogens (tertiary/aromatic N) is 3. The lowest BCUT2D eigenvalue weighted by molar-refractivity contribution is 0.0977. The van der Waals surface area contributed by atoms with Gasteiger partial charge in [-0.1, -0.05) is 54.1 Å². The van der Waals surface area contributed by atoms with Gasteiger partial charge < -0.3 is 4.57 Å². The fourth-order valence-electron chi connectivity index (χ4n) is 3.15. The lowest BCUT2D eigenvalue weighted by Gasteiger charge is -2.08. The second-order valence-electron chi connectivity index (χ2n) is 7.10. The number of halogens is 1. The first-order chi connectivity index (χ1) is 15.3. The molecule has 0 saturated carbocycles. The molecule has 4 rings (SSSR count). The van der Waals surface area contributed by atoms with E-state index in [1.165, 1.54) is 12.1 Å². The van der Waals surface area contributed by atoms with Crippen LogP contribution in [0, 0.1) is 6.92 Å². The highest BCUT2D eigenvalue weighted by Gasteiger charge is 2.17. The number of carbonyl (C=O) groups is 1. The van der Waals surface area contributed by atoms with Crippen LogP contribution in [0.2, 0.25) is 5.02 Å². The molecule has 2 aromatic carbocycles. The number of pyridine rings is 1. The summed E-state index contributed by atoms with van der Waals surface area (Å²) in [6.45, 7) is 2.33. The van der Waals surface area contributed by atoms with Crippen LogP contribution in [0.15, 0.2) is 72.1 Å². The molecule has 1 amide bonds. The van der Waals surface area contributed by atoms with E-state index in [-0.39, 0.29) is 5.69 Å². The van der Waals surface area contributed by atoms with Gasteiger partial charge >= 0.3 is 0 Å². The molecule has 4 aromatic rings. The normalized spacial score (nSPS) is 11.8. The summed E-state index contributed by atoms with van der Waals surface area (Å²) in [7, 11) is -3.99. The van der Waals surface area contributed by atoms with E-state index in [1.54, 1.807) is 42.5 Å². The molecule has 9 heteroatoms. The zero-order valence-corrected chi connectivity index (χ0v) is 18.6. The van der Waals surface area contributed by atoms with E-state index in [0.29, 0.717) is 28.3 Å². The molecular weight excluding hydrogens is 448 g/mol. The van der Waals surface area contributed by atoms with Gasteiger partial charge in [-0.2, -0.15) is 0 Å². The van der Waals surface area contributed by atoms with Crippen LogP contribution >= 0.6 is 11.6 Å². The number of benzene rings is 2. The molecule has 2 aromatic heterocycles. The molecule has 32 heavy (non-hydrogen) atoms. The van der Waals surface area contributed by atoms with E-state index in [9.17, 15) is 13.2 Å². The van der Waals surface area contributed by atoms with Crippen molar-refractivity contribution < 1.29 is 13.2 Å². The third-order valence-electron chi connectivity index (χ3n) is 4.74. The predicted octanol–water partition coefficient (Wildman–Crippen LogP) is 4.17. The van der Waals surface area contributed by atoms with Crippen molar-refractivity contribution in [3.05, 3.63) is 99.8 Å². The van der Waals surface area contributed by atoms with Gasteiger partial charge in [0.2, 0.25) is 0 Å². The summed E-state index contributed by atoms with van der Waals surface area (Å²) in [6.07, 6.45) is 1.41. The van der Waals surface area contributed by atoms with Gasteiger partial charge in [-0.3, -0.25) is 4.79 Å². The number of fused-ring (bicyclic) bond motifs is 1. The molecule has 0 radical (unpaired) electrons. The summed E-state index contributed by atoms with van der Waals surface area (Å²) >= 11 is 5.96. The Bertz CT molecular complexity index is 1410. The number of rotatable bonds is 6. The lowest BCUT2D eigenvalue weighted by Crippen LogP contribution is -2.29. The Morgan fingerprint density at radius 3 is 2.47 bits per heavy atom. The predicted molar refractivity (Wildman–Crippen MR) is 125 cm³/mol. The lowest BCUT2D eigenvalue weighted by atomic mass is 10.2. The Morgan fingerprint density at radius 1 is 1.03 bits per heavy atom. The molecule has 2 heterocycles. The molecule has 162 valence electrons. The van der Waals surface area contributed by atoms with Crippen LogP contribution in [-0.4, -0.2) is 28.9 Å². The highest BCUT2D eigenvalue weighted by Crippen LogP contribution is 2.18. The molecule has 0 unspecified atom stereocenters. The van der Waals surface area contributed by atoms with Crippen molar-refractivity contribution >= 4 is 44.8 Å². The van der Waals surface area contributed by atoms with Crippen molar-refractivity contribution in [3.8, 4) is 0 Å². The van der Waals surface area contributed by atoms with E-state index >= 15 is 0 Å². The number of aromatic nitrogens is 3. The van der Waals surface area contributed by atoms with Crippen LogP contribution in [-0.2, 0) is 16.6 Å². The molecule has 0 aliphatic rings. The highest BCUT2D eigenvalue weighted by atomic mass is 35.5. The minimum Gasteiger partial charge on any atom is -0.308 e. The smallest absolute Gasteiger partial charge is 0.283 e. The monoisotopic (exact) mass is 466 g/mol. The number of hydrogen-bond acceptors (Lipinski definition) is 5. The average molecular weight is 467 g/mol. The maximum absolute atomic E-state index is 12.6. The summed E-state index contributed by atoms with van der Waals surface area (Å²) in [6, 6.07) is 19.4. The van der Waals surface area contributed by atoms with Gasteiger partial charge in [0.15, 0.2) is 5.65 Å². The Morgan fingerprint density at radius 2 is 1.75 bits per heavy atom. The summed E-state index contributed by atoms with van der Waals surface area (Å²) in [5.74, 6) is -0.0973. The van der Waals surface area contributed by atoms with Gasteiger partial charge in [-0.25, -0.2) is 23.1 Å². The molecule has 0 aliphatic carbocycles. The molecule has 7 nitrogen and oxygen atoms in total. The van der Waals surface area contributed by atoms with Gasteiger partial charge in [0.05, 0.1) is 12.0 Å². The number of amides is 1. The van der Waals surface area contributed by atoms with Crippen LogP contribution in [0.1, 0.15) is 27.4 Å². The number of imidazole rings is 1. The second-order valence-corrected chi connectivity index (χ2v) is 9.10. The molecular formula is C23H19ClN4O3S. The summed E-state index contributed by atoms with van der Waals surface area (Å²) in [5, 5.41) is 1.59. The highest BCUT2D eigenvalue weighted by molar-refractivity contribution is 7.93. The first-order valence-corrected chi connectivity index (χ1v) is 11.6. The van der Waals surface area contributed by atoms with Gasteiger partial charge in [0.25, 0.3) is 15.9 Å². The second kappa shape index (κ2) is 8.94. The molecule has 1 N–H and O–H groups in total. The quantitative estimate of drug-likeness (QED) is 0.460. The first-order valence-electron chi connectivity index (χ1n) is 9.69. The van der Waals surface area contributed by atoms with Gasteiger partial charge in [-0.15, -0.1) is 0 Å². The summed E-state index contributed by atoms with van der Waals surface area (Å²) in [4.78, 5) is 21.5. The molecule has 0 atom stereocenters. The van der Waals surface area contributed by atoms with Gasteiger partial charge in [0.1, 0.15) is 17.0 Å². The molecule has 0 spiro atoms. The number of sulfonamides is 1. The van der Waals surface area contributed by atoms with Crippen molar-refractivity contribution in [2.75, 3.05) is 0 Å². The molecule has 0 bridgehead atoms. The number of carbonyl (C=O) groups excluding carboxylic acids is 1. The summed E-state index contributed by atoms with van der Waals surface area (Å²) < 4.78 is 28.5. The van der Waals surface area contributed by atoms with Crippen molar-refractivity contribution in [1.29, 1.82) is 0 Å². The van der Waals surface area contributed by atoms with Crippen molar-refractivity contribution in [3.63, 3.8) is 0 Å². The fraction of sp³-hybridized carbons (Fsp3) is 0.0870. The van der Waals surface area contributed by atoms with E-state index < -0.39 is 15.9 Å². The maximum atomic E-state index is 12.6. The first kappa shape index (κ1) is 21.7. The molecule has 0 saturated heterocycles. The number of nitrogens with one attached hydrogen (secondary N) is 1. The SMILES string of the molecule is Cc1nc2ccc(C(=O)NS(=O)(=O)C=Cc3ccccc3)nc2n1Cc1ccc(Cl)cc1. The van der Waals surface area contributed by atoms with Gasteiger partial charge in [-0.05, 0) is 48.4 Å². The Hall–Kier alpha value is -3.49. The van der Waals surface area contributed by atoms with Crippen LogP contribution in [0.3, 0.4) is 0 Å². The minimum absolute atomic E-state index is 0.0218. The topological polar surface area (TPSA) is 93.9 Å². The maximum Gasteiger partial charge on any atom is 0.283 e. The molecule has 0 aliphatic heterocycles. The Kier molecular flexibility index (Phi) is 6.07. The average Bonchev–Trinajstić information content (AvgIpc) is 3.08. The van der Waals surface area contributed by atoms with Crippen LogP contribution < -0.4 is 4.72 Å². The minimum atomic E-state index is -3.99. The van der Waals surface area contributed by atoms with Crippen molar-refractivity contribution in [2.45, 2.75) is 13.5 Å². The van der Waals surface area contributed by atoms with Gasteiger partial charge in [0, 0.05) is 5.02 Å². The number of hydrogen-bond donors (Lipinski definition) is 1. The van der Waals surface area contributed by atoms with E-state index in [1.807, 2.05) is 34.4 Å². The third kappa shape index (κ3) is 5.04. The zero-order chi connectivity index (χ0) is 22.7. The van der Waals surface area contributed by atoms with Crippen LogP contribution in [0.5, 0.6) is 0 Å². The van der Waals surface area contributed by atoms with Crippen LogP contribution in [0.4, 0.5) is 0 Å². The van der Waals surface area contributed by atoms with E-state index in [0.717, 1.165) is 16.8 Å². The van der Waals surface area contributed by atoms with Crippen molar-refractivity contribution in [2.24, 2.45) is 0 Å². The zero-order valence-electron chi connectivity index (χ0n) is 17.1. The summed E-state index contributed by atoms with van der Waals surface area (Å²) in [5.41, 5.74) is 2.77.